The summed E-state index contributed by atoms with van der Waals surface area (Å²) in [5.74, 6) is -0.207. The number of nitrogens with zero attached hydrogens (tertiary/aromatic N) is 1. The smallest absolute Gasteiger partial charge is 0.240 e. The van der Waals surface area contributed by atoms with Crippen LogP contribution in [-0.2, 0) is 16.0 Å². The molecule has 0 saturated carbocycles. The van der Waals surface area contributed by atoms with Crippen molar-refractivity contribution in [1.29, 1.82) is 0 Å². The Hall–Kier alpha value is -1.68. The van der Waals surface area contributed by atoms with Crippen molar-refractivity contribution in [2.24, 2.45) is 11.7 Å². The van der Waals surface area contributed by atoms with Crippen molar-refractivity contribution >= 4 is 12.2 Å². The van der Waals surface area contributed by atoms with Gasteiger partial charge in [0.25, 0.3) is 0 Å². The van der Waals surface area contributed by atoms with Crippen LogP contribution in [-0.4, -0.2) is 36.2 Å². The van der Waals surface area contributed by atoms with Gasteiger partial charge in [0.05, 0.1) is 6.04 Å². The summed E-state index contributed by atoms with van der Waals surface area (Å²) in [7, 11) is 1.60. The van der Waals surface area contributed by atoms with Crippen LogP contribution in [0.25, 0.3) is 0 Å². The van der Waals surface area contributed by atoms with E-state index < -0.39 is 12.1 Å². The Morgan fingerprint density at radius 2 is 1.89 bits per heavy atom. The second kappa shape index (κ2) is 7.04. The highest BCUT2D eigenvalue weighted by molar-refractivity contribution is 5.84. The molecule has 0 aromatic heterocycles. The lowest BCUT2D eigenvalue weighted by molar-refractivity contribution is -0.132. The molecule has 19 heavy (non-hydrogen) atoms. The van der Waals surface area contributed by atoms with Crippen LogP contribution < -0.4 is 5.73 Å². The van der Waals surface area contributed by atoms with E-state index in [-0.39, 0.29) is 11.8 Å². The molecule has 2 atom stereocenters. The summed E-state index contributed by atoms with van der Waals surface area (Å²) in [5.41, 5.74) is 6.93. The lowest BCUT2D eigenvalue weighted by Gasteiger charge is -2.28. The molecule has 4 heteroatoms. The van der Waals surface area contributed by atoms with Gasteiger partial charge in [0.15, 0.2) is 0 Å². The zero-order chi connectivity index (χ0) is 14.4. The first-order valence-electron chi connectivity index (χ1n) is 6.41. The van der Waals surface area contributed by atoms with E-state index >= 15 is 0 Å². The van der Waals surface area contributed by atoms with Crippen LogP contribution in [0.1, 0.15) is 19.4 Å². The van der Waals surface area contributed by atoms with Crippen LogP contribution in [0.4, 0.5) is 0 Å². The molecule has 0 fully saturated rings. The minimum atomic E-state index is -0.637. The molecular weight excluding hydrogens is 240 g/mol. The molecule has 0 saturated heterocycles. The van der Waals surface area contributed by atoms with E-state index in [1.54, 1.807) is 7.05 Å². The number of amides is 1. The van der Waals surface area contributed by atoms with E-state index in [9.17, 15) is 9.59 Å². The van der Waals surface area contributed by atoms with Gasteiger partial charge in [-0.25, -0.2) is 0 Å². The van der Waals surface area contributed by atoms with Crippen LogP contribution in [0.5, 0.6) is 0 Å². The molecule has 0 aliphatic rings. The lowest BCUT2D eigenvalue weighted by atomic mass is 10.0. The summed E-state index contributed by atoms with van der Waals surface area (Å²) in [5, 5.41) is 0. The average molecular weight is 261 g/mol. The maximum Gasteiger partial charge on any atom is 0.240 e. The number of carbonyl (C=O) groups is 1. The van der Waals surface area contributed by atoms with E-state index in [1.165, 1.54) is 4.90 Å². The van der Waals surface area contributed by atoms with Gasteiger partial charge in [-0.3, -0.25) is 9.59 Å². The number of carbonyl (C=O) groups excluding carboxylic acids is 2. The molecule has 1 rings (SSSR count). The molecular formula is C15H21N2O2. The van der Waals surface area contributed by atoms with Crippen molar-refractivity contribution < 1.29 is 9.59 Å². The van der Waals surface area contributed by atoms with Gasteiger partial charge in [-0.05, 0) is 17.9 Å². The van der Waals surface area contributed by atoms with Gasteiger partial charge >= 0.3 is 0 Å². The third kappa shape index (κ3) is 4.17. The Morgan fingerprint density at radius 3 is 2.37 bits per heavy atom. The van der Waals surface area contributed by atoms with Crippen molar-refractivity contribution in [3.05, 3.63) is 35.9 Å². The van der Waals surface area contributed by atoms with Crippen molar-refractivity contribution in [3.8, 4) is 0 Å². The molecule has 1 aromatic rings. The predicted molar refractivity (Wildman–Crippen MR) is 75.2 cm³/mol. The van der Waals surface area contributed by atoms with E-state index in [0.717, 1.165) is 5.56 Å². The molecule has 2 N–H and O–H groups in total. The molecule has 0 spiro atoms. The van der Waals surface area contributed by atoms with Crippen molar-refractivity contribution in [2.45, 2.75) is 32.4 Å². The number of rotatable bonds is 6. The molecule has 0 aliphatic carbocycles. The zero-order valence-corrected chi connectivity index (χ0v) is 11.7. The highest BCUT2D eigenvalue weighted by atomic mass is 16.2. The second-order valence-corrected chi connectivity index (χ2v) is 5.05. The summed E-state index contributed by atoms with van der Waals surface area (Å²) < 4.78 is 0. The van der Waals surface area contributed by atoms with Gasteiger partial charge in [-0.15, -0.1) is 0 Å². The Labute approximate surface area is 114 Å². The molecule has 1 radical (unpaired) electrons. The minimum absolute atomic E-state index is 0.0235. The van der Waals surface area contributed by atoms with Gasteiger partial charge < -0.3 is 10.6 Å². The standard InChI is InChI=1S/C15H21N2O2/c1-11(2)14(10-18)17(3)15(19)13(16)9-12-7-5-4-6-8-12/h4-8,11,13-14H,9,16H2,1-3H3/t13-,14+/m0/s1. The molecule has 0 heterocycles. The number of hydrogen-bond donors (Lipinski definition) is 1. The fraction of sp³-hybridized carbons (Fsp3) is 0.467. The Balaban J connectivity index is 2.68. The van der Waals surface area contributed by atoms with Gasteiger partial charge in [-0.1, -0.05) is 44.2 Å². The molecule has 0 bridgehead atoms. The monoisotopic (exact) mass is 261 g/mol. The first-order chi connectivity index (χ1) is 8.97. The van der Waals surface area contributed by atoms with E-state index in [4.69, 9.17) is 5.73 Å². The van der Waals surface area contributed by atoms with Crippen molar-refractivity contribution in [1.82, 2.24) is 4.90 Å². The zero-order valence-electron chi connectivity index (χ0n) is 11.7. The van der Waals surface area contributed by atoms with Crippen LogP contribution in [0.15, 0.2) is 30.3 Å². The predicted octanol–water partition coefficient (Wildman–Crippen LogP) is 1.15. The highest BCUT2D eigenvalue weighted by Gasteiger charge is 2.27. The first-order valence-corrected chi connectivity index (χ1v) is 6.41. The van der Waals surface area contributed by atoms with Crippen LogP contribution in [0.2, 0.25) is 0 Å². The van der Waals surface area contributed by atoms with Gasteiger partial charge in [0.1, 0.15) is 6.04 Å². The SMILES string of the molecule is CC(C)[C@@H]([C]=O)N(C)C(=O)[C@@H](N)Cc1ccccc1. The Morgan fingerprint density at radius 1 is 1.32 bits per heavy atom. The topological polar surface area (TPSA) is 63.4 Å². The highest BCUT2D eigenvalue weighted by Crippen LogP contribution is 2.10. The third-order valence-electron chi connectivity index (χ3n) is 3.13. The number of benzene rings is 1. The van der Waals surface area contributed by atoms with Crippen molar-refractivity contribution in [2.75, 3.05) is 7.05 Å². The summed E-state index contributed by atoms with van der Waals surface area (Å²) >= 11 is 0. The fourth-order valence-corrected chi connectivity index (χ4v) is 2.02. The fourth-order valence-electron chi connectivity index (χ4n) is 2.02. The van der Waals surface area contributed by atoms with E-state index in [1.807, 2.05) is 50.5 Å². The molecule has 0 unspecified atom stereocenters. The van der Waals surface area contributed by atoms with Crippen molar-refractivity contribution in [3.63, 3.8) is 0 Å². The summed E-state index contributed by atoms with van der Waals surface area (Å²) in [6, 6.07) is 8.41. The van der Waals surface area contributed by atoms with Gasteiger partial charge in [-0.2, -0.15) is 0 Å². The van der Waals surface area contributed by atoms with E-state index in [0.29, 0.717) is 6.42 Å². The number of likely N-dealkylation sites (N-methyl/N-ethyl adjacent to an activating group) is 1. The summed E-state index contributed by atoms with van der Waals surface area (Å²) in [4.78, 5) is 24.5. The number of hydrogen-bond acceptors (Lipinski definition) is 3. The number of nitrogens with two attached hydrogens (primary N) is 1. The quantitative estimate of drug-likeness (QED) is 0.835. The largest absolute Gasteiger partial charge is 0.334 e. The Kier molecular flexibility index (Phi) is 5.70. The normalized spacial score (nSPS) is 13.9. The first kappa shape index (κ1) is 15.4. The maximum atomic E-state index is 12.2. The summed E-state index contributed by atoms with van der Waals surface area (Å²) in [6.45, 7) is 3.75. The van der Waals surface area contributed by atoms with Crippen LogP contribution in [0, 0.1) is 5.92 Å². The second-order valence-electron chi connectivity index (χ2n) is 5.05. The molecule has 103 valence electrons. The lowest BCUT2D eigenvalue weighted by Crippen LogP contribution is -2.49. The summed E-state index contributed by atoms with van der Waals surface area (Å²) in [6.07, 6.45) is 2.37. The minimum Gasteiger partial charge on any atom is -0.334 e. The molecule has 4 nitrogen and oxygen atoms in total. The average Bonchev–Trinajstić information content (AvgIpc) is 2.39. The van der Waals surface area contributed by atoms with E-state index in [2.05, 4.69) is 0 Å². The maximum absolute atomic E-state index is 12.2. The molecule has 1 aromatic carbocycles. The van der Waals surface area contributed by atoms with Gasteiger partial charge in [0.2, 0.25) is 12.2 Å². The Bertz CT molecular complexity index is 417. The van der Waals surface area contributed by atoms with Crippen LogP contribution in [0.3, 0.4) is 0 Å². The third-order valence-corrected chi connectivity index (χ3v) is 3.13. The molecule has 0 aliphatic heterocycles. The molecule has 1 amide bonds. The van der Waals surface area contributed by atoms with Gasteiger partial charge in [0, 0.05) is 7.05 Å². The van der Waals surface area contributed by atoms with Crippen LogP contribution >= 0.6 is 0 Å².